The number of aliphatic hydroxyl groups excluding tert-OH is 1. The van der Waals surface area contributed by atoms with Gasteiger partial charge >= 0.3 is 5.97 Å². The summed E-state index contributed by atoms with van der Waals surface area (Å²) < 4.78 is 0. The predicted molar refractivity (Wildman–Crippen MR) is 66.0 cm³/mol. The number of alkyl halides is 1. The van der Waals surface area contributed by atoms with E-state index < -0.39 is 12.1 Å². The van der Waals surface area contributed by atoms with Gasteiger partial charge in [0.05, 0.1) is 5.33 Å². The van der Waals surface area contributed by atoms with Crippen molar-refractivity contribution in [2.45, 2.75) is 12.5 Å². The highest BCUT2D eigenvalue weighted by Gasteiger charge is 2.21. The molecule has 0 saturated heterocycles. The minimum Gasteiger partial charge on any atom is -0.479 e. The number of aliphatic carboxylic acids is 1. The minimum absolute atomic E-state index is 0.00238. The Balaban J connectivity index is 3.17. The van der Waals surface area contributed by atoms with Gasteiger partial charge in [0.15, 0.2) is 6.10 Å². The first-order chi connectivity index (χ1) is 7.97. The van der Waals surface area contributed by atoms with Gasteiger partial charge in [0.1, 0.15) is 5.78 Å². The number of benzene rings is 1. The predicted octanol–water partition coefficient (Wildman–Crippen LogP) is 0.893. The van der Waals surface area contributed by atoms with Crippen LogP contribution in [0, 0.1) is 0 Å². The van der Waals surface area contributed by atoms with E-state index in [1.807, 2.05) is 0 Å². The van der Waals surface area contributed by atoms with Crippen LogP contribution in [-0.4, -0.2) is 27.3 Å². The summed E-state index contributed by atoms with van der Waals surface area (Å²) in [5.74, 6) is -1.51. The standard InChI is InChI=1S/C11H12BrNO4/c12-5-6(14)4-8-7(10(15)11(16)17)2-1-3-9(8)13/h1-3,10,15H,4-5,13H2,(H,16,17). The second kappa shape index (κ2) is 5.79. The lowest BCUT2D eigenvalue weighted by molar-refractivity contribution is -0.147. The number of carboxylic acids is 1. The fraction of sp³-hybridized carbons (Fsp3) is 0.273. The lowest BCUT2D eigenvalue weighted by Crippen LogP contribution is -2.16. The van der Waals surface area contributed by atoms with E-state index in [1.165, 1.54) is 6.07 Å². The molecule has 0 heterocycles. The summed E-state index contributed by atoms with van der Waals surface area (Å²) in [7, 11) is 0. The van der Waals surface area contributed by atoms with Crippen LogP contribution in [0.3, 0.4) is 0 Å². The van der Waals surface area contributed by atoms with Crippen molar-refractivity contribution in [3.63, 3.8) is 0 Å². The van der Waals surface area contributed by atoms with Crippen LogP contribution in [0.15, 0.2) is 18.2 Å². The molecule has 92 valence electrons. The highest BCUT2D eigenvalue weighted by atomic mass is 79.9. The Morgan fingerprint density at radius 3 is 2.59 bits per heavy atom. The lowest BCUT2D eigenvalue weighted by atomic mass is 9.97. The van der Waals surface area contributed by atoms with Crippen molar-refractivity contribution >= 4 is 33.4 Å². The zero-order valence-corrected chi connectivity index (χ0v) is 10.5. The molecule has 17 heavy (non-hydrogen) atoms. The summed E-state index contributed by atoms with van der Waals surface area (Å²) in [4.78, 5) is 22.1. The van der Waals surface area contributed by atoms with Gasteiger partial charge in [-0.25, -0.2) is 4.79 Å². The summed E-state index contributed by atoms with van der Waals surface area (Å²) in [6.45, 7) is 0. The Morgan fingerprint density at radius 2 is 2.06 bits per heavy atom. The third kappa shape index (κ3) is 3.28. The van der Waals surface area contributed by atoms with Gasteiger partial charge in [-0.2, -0.15) is 0 Å². The van der Waals surface area contributed by atoms with Gasteiger partial charge in [-0.1, -0.05) is 28.1 Å². The molecule has 5 nitrogen and oxygen atoms in total. The van der Waals surface area contributed by atoms with Crippen LogP contribution in [0.25, 0.3) is 0 Å². The highest BCUT2D eigenvalue weighted by Crippen LogP contribution is 2.24. The number of anilines is 1. The van der Waals surface area contributed by atoms with Gasteiger partial charge in [-0.3, -0.25) is 4.79 Å². The van der Waals surface area contributed by atoms with Gasteiger partial charge in [-0.05, 0) is 17.2 Å². The van der Waals surface area contributed by atoms with Gasteiger partial charge in [0.2, 0.25) is 0 Å². The van der Waals surface area contributed by atoms with E-state index in [4.69, 9.17) is 10.8 Å². The van der Waals surface area contributed by atoms with E-state index in [2.05, 4.69) is 15.9 Å². The molecule has 0 aliphatic heterocycles. The van der Waals surface area contributed by atoms with Crippen LogP contribution in [0.5, 0.6) is 0 Å². The molecule has 1 unspecified atom stereocenters. The van der Waals surface area contributed by atoms with Crippen molar-refractivity contribution in [2.24, 2.45) is 0 Å². The third-order valence-electron chi connectivity index (χ3n) is 2.30. The Hall–Kier alpha value is -1.40. The fourth-order valence-electron chi connectivity index (χ4n) is 1.46. The smallest absolute Gasteiger partial charge is 0.337 e. The molecule has 1 atom stereocenters. The molecule has 1 rings (SSSR count). The first-order valence-electron chi connectivity index (χ1n) is 4.83. The number of carboxylic acid groups (broad SMARTS) is 1. The monoisotopic (exact) mass is 301 g/mol. The average molecular weight is 302 g/mol. The highest BCUT2D eigenvalue weighted by molar-refractivity contribution is 9.09. The van der Waals surface area contributed by atoms with Crippen LogP contribution in [-0.2, 0) is 16.0 Å². The van der Waals surface area contributed by atoms with Crippen LogP contribution in [0.4, 0.5) is 5.69 Å². The number of carbonyl (C=O) groups excluding carboxylic acids is 1. The number of carbonyl (C=O) groups is 2. The van der Waals surface area contributed by atoms with Crippen LogP contribution >= 0.6 is 15.9 Å². The zero-order valence-electron chi connectivity index (χ0n) is 8.89. The number of hydrogen-bond acceptors (Lipinski definition) is 4. The lowest BCUT2D eigenvalue weighted by Gasteiger charge is -2.13. The molecule has 0 saturated carbocycles. The first kappa shape index (κ1) is 13.7. The van der Waals surface area contributed by atoms with Gasteiger partial charge in [0, 0.05) is 12.1 Å². The van der Waals surface area contributed by atoms with E-state index in [0.29, 0.717) is 11.3 Å². The second-order valence-electron chi connectivity index (χ2n) is 3.50. The topological polar surface area (TPSA) is 101 Å². The fourth-order valence-corrected chi connectivity index (χ4v) is 1.66. The molecule has 0 spiro atoms. The van der Waals surface area contributed by atoms with Crippen LogP contribution in [0.2, 0.25) is 0 Å². The maximum atomic E-state index is 11.3. The number of nitrogens with two attached hydrogens (primary N) is 1. The van der Waals surface area contributed by atoms with Crippen LogP contribution in [0.1, 0.15) is 17.2 Å². The van der Waals surface area contributed by atoms with E-state index in [1.54, 1.807) is 12.1 Å². The summed E-state index contributed by atoms with van der Waals surface area (Å²) >= 11 is 3.02. The zero-order chi connectivity index (χ0) is 13.0. The Labute approximate surface area is 106 Å². The van der Waals surface area contributed by atoms with Gasteiger partial charge < -0.3 is 15.9 Å². The molecular formula is C11H12BrNO4. The minimum atomic E-state index is -1.67. The van der Waals surface area contributed by atoms with E-state index in [0.717, 1.165) is 0 Å². The summed E-state index contributed by atoms with van der Waals surface area (Å²) in [5.41, 5.74) is 6.52. The quantitative estimate of drug-likeness (QED) is 0.554. The Bertz CT molecular complexity index is 447. The van der Waals surface area contributed by atoms with E-state index in [9.17, 15) is 14.7 Å². The molecule has 0 aromatic heterocycles. The van der Waals surface area contributed by atoms with Crippen LogP contribution < -0.4 is 5.73 Å². The molecule has 1 aromatic rings. The molecular weight excluding hydrogens is 290 g/mol. The number of ketones is 1. The average Bonchev–Trinajstić information content (AvgIpc) is 2.30. The Morgan fingerprint density at radius 1 is 1.41 bits per heavy atom. The maximum absolute atomic E-state index is 11.3. The molecule has 1 aromatic carbocycles. The molecule has 0 amide bonds. The number of rotatable bonds is 5. The van der Waals surface area contributed by atoms with E-state index in [-0.39, 0.29) is 23.1 Å². The van der Waals surface area contributed by atoms with Crippen molar-refractivity contribution in [1.29, 1.82) is 0 Å². The summed E-state index contributed by atoms with van der Waals surface area (Å²) in [5, 5.41) is 18.4. The first-order valence-corrected chi connectivity index (χ1v) is 5.95. The Kier molecular flexibility index (Phi) is 4.65. The number of nitrogen functional groups attached to an aromatic ring is 1. The second-order valence-corrected chi connectivity index (χ2v) is 4.07. The third-order valence-corrected chi connectivity index (χ3v) is 2.93. The van der Waals surface area contributed by atoms with Gasteiger partial charge in [-0.15, -0.1) is 0 Å². The normalized spacial score (nSPS) is 12.1. The molecule has 0 fully saturated rings. The van der Waals surface area contributed by atoms with Crippen molar-refractivity contribution in [1.82, 2.24) is 0 Å². The van der Waals surface area contributed by atoms with Crippen molar-refractivity contribution in [3.05, 3.63) is 29.3 Å². The summed E-state index contributed by atoms with van der Waals surface area (Å²) in [6, 6.07) is 4.56. The molecule has 0 radical (unpaired) electrons. The molecule has 0 aliphatic carbocycles. The molecule has 6 heteroatoms. The number of halogens is 1. The summed E-state index contributed by atoms with van der Waals surface area (Å²) in [6.07, 6.45) is -1.67. The number of aliphatic hydroxyl groups is 1. The molecule has 4 N–H and O–H groups in total. The molecule has 0 aliphatic rings. The SMILES string of the molecule is Nc1cccc(C(O)C(=O)O)c1CC(=O)CBr. The number of hydrogen-bond donors (Lipinski definition) is 3. The van der Waals surface area contributed by atoms with Crippen molar-refractivity contribution in [2.75, 3.05) is 11.1 Å². The largest absolute Gasteiger partial charge is 0.479 e. The van der Waals surface area contributed by atoms with Crippen molar-refractivity contribution < 1.29 is 19.8 Å². The molecule has 0 bridgehead atoms. The maximum Gasteiger partial charge on any atom is 0.337 e. The van der Waals surface area contributed by atoms with Gasteiger partial charge in [0.25, 0.3) is 0 Å². The number of Topliss-reactive ketones (excluding diaryl/α,β-unsaturated/α-hetero) is 1. The van der Waals surface area contributed by atoms with E-state index >= 15 is 0 Å². The van der Waals surface area contributed by atoms with Crippen molar-refractivity contribution in [3.8, 4) is 0 Å².